The lowest BCUT2D eigenvalue weighted by Gasteiger charge is -2.38. The molecule has 1 spiro atoms. The summed E-state index contributed by atoms with van der Waals surface area (Å²) < 4.78 is 29.2. The molecule has 6 rings (SSSR count). The molecule has 3 aromatic rings. The van der Waals surface area contributed by atoms with Crippen LogP contribution in [0.3, 0.4) is 0 Å². The first-order chi connectivity index (χ1) is 17.1. The fourth-order valence-corrected chi connectivity index (χ4v) is 6.40. The Balaban J connectivity index is 1.38. The van der Waals surface area contributed by atoms with Crippen molar-refractivity contribution in [3.05, 3.63) is 44.9 Å². The SMILES string of the molecule is Cc1cc(Nc2ncnc3sc(C(=O)N4CC(C)C4)cc23)c(=O)n2c1C(=O)NC21CCC(F)(F)CC1. The summed E-state index contributed by atoms with van der Waals surface area (Å²) in [6.45, 7) is 5.23. The highest BCUT2D eigenvalue weighted by Crippen LogP contribution is 2.43. The van der Waals surface area contributed by atoms with E-state index in [1.807, 2.05) is 0 Å². The van der Waals surface area contributed by atoms with Crippen LogP contribution >= 0.6 is 11.3 Å². The van der Waals surface area contributed by atoms with Crippen molar-refractivity contribution in [3.63, 3.8) is 0 Å². The molecule has 36 heavy (non-hydrogen) atoms. The van der Waals surface area contributed by atoms with Crippen molar-refractivity contribution in [1.82, 2.24) is 24.8 Å². The predicted molar refractivity (Wildman–Crippen MR) is 130 cm³/mol. The molecular formula is C24H24F2N6O3S. The largest absolute Gasteiger partial charge is 0.337 e. The lowest BCUT2D eigenvalue weighted by atomic mass is 9.86. The van der Waals surface area contributed by atoms with E-state index in [1.54, 1.807) is 24.0 Å². The van der Waals surface area contributed by atoms with Gasteiger partial charge in [0.2, 0.25) is 5.92 Å². The maximum Gasteiger partial charge on any atom is 0.276 e. The first-order valence-corrected chi connectivity index (χ1v) is 12.7. The number of nitrogens with zero attached hydrogens (tertiary/aromatic N) is 4. The average molecular weight is 515 g/mol. The third kappa shape index (κ3) is 3.49. The standard InChI is InChI=1S/C24H24F2N6O3S/c1-12-9-31(10-12)22(35)16-8-14-18(27-11-28-20(14)36-16)29-15-7-13(2)17-19(33)30-24(32(17)21(15)34)5-3-23(25,26)4-6-24/h7-8,11-12H,3-6,9-10H2,1-2H3,(H,30,33)(H,27,28,29). The molecule has 9 nitrogen and oxygen atoms in total. The number of carbonyl (C=O) groups is 2. The third-order valence-corrected chi connectivity index (χ3v) is 8.37. The first kappa shape index (κ1) is 23.0. The van der Waals surface area contributed by atoms with Crippen molar-refractivity contribution in [2.75, 3.05) is 18.4 Å². The van der Waals surface area contributed by atoms with Crippen molar-refractivity contribution in [2.45, 2.75) is 51.1 Å². The maximum atomic E-state index is 13.9. The number of hydrogen-bond acceptors (Lipinski definition) is 7. The van der Waals surface area contributed by atoms with E-state index in [0.717, 1.165) is 13.1 Å². The molecule has 3 aromatic heterocycles. The van der Waals surface area contributed by atoms with Crippen LogP contribution in [0.5, 0.6) is 0 Å². The van der Waals surface area contributed by atoms with Crippen LogP contribution in [0.25, 0.3) is 10.2 Å². The van der Waals surface area contributed by atoms with Crippen LogP contribution in [0.2, 0.25) is 0 Å². The van der Waals surface area contributed by atoms with Crippen LogP contribution in [0.1, 0.15) is 58.3 Å². The minimum atomic E-state index is -2.82. The number of nitrogens with one attached hydrogen (secondary N) is 2. The second-order valence-corrected chi connectivity index (χ2v) is 11.1. The van der Waals surface area contributed by atoms with Gasteiger partial charge in [0.1, 0.15) is 34.0 Å². The summed E-state index contributed by atoms with van der Waals surface area (Å²) in [7, 11) is 0. The summed E-state index contributed by atoms with van der Waals surface area (Å²) in [5.41, 5.74) is -0.768. The minimum Gasteiger partial charge on any atom is -0.337 e. The van der Waals surface area contributed by atoms with Crippen molar-refractivity contribution >= 4 is 44.9 Å². The van der Waals surface area contributed by atoms with Crippen LogP contribution in [-0.2, 0) is 5.66 Å². The number of aromatic nitrogens is 3. The number of aryl methyl sites for hydroxylation is 1. The normalized spacial score (nSPS) is 20.3. The van der Waals surface area contributed by atoms with Gasteiger partial charge in [-0.3, -0.25) is 19.0 Å². The third-order valence-electron chi connectivity index (χ3n) is 7.33. The minimum absolute atomic E-state index is 0.0373. The Hall–Kier alpha value is -3.41. The van der Waals surface area contributed by atoms with Crippen molar-refractivity contribution < 1.29 is 18.4 Å². The van der Waals surface area contributed by atoms with Crippen LogP contribution < -0.4 is 16.2 Å². The lowest BCUT2D eigenvalue weighted by Crippen LogP contribution is -2.51. The monoisotopic (exact) mass is 514 g/mol. The van der Waals surface area contributed by atoms with Crippen LogP contribution in [0.4, 0.5) is 20.3 Å². The summed E-state index contributed by atoms with van der Waals surface area (Å²) in [6.07, 6.45) is 0.456. The second kappa shape index (κ2) is 7.79. The van der Waals surface area contributed by atoms with Gasteiger partial charge in [0.15, 0.2) is 0 Å². The number of pyridine rings is 1. The summed E-state index contributed by atoms with van der Waals surface area (Å²) >= 11 is 1.26. The molecule has 1 saturated heterocycles. The summed E-state index contributed by atoms with van der Waals surface area (Å²) in [6, 6.07) is 3.29. The van der Waals surface area contributed by atoms with Gasteiger partial charge in [-0.1, -0.05) is 6.92 Å². The Bertz CT molecular complexity index is 1480. The fraction of sp³-hybridized carbons (Fsp3) is 0.458. The lowest BCUT2D eigenvalue weighted by molar-refractivity contribution is -0.0667. The molecule has 0 bridgehead atoms. The molecule has 5 heterocycles. The van der Waals surface area contributed by atoms with E-state index in [2.05, 4.69) is 27.5 Å². The van der Waals surface area contributed by atoms with Gasteiger partial charge in [-0.2, -0.15) is 0 Å². The molecule has 0 unspecified atom stereocenters. The molecule has 188 valence electrons. The highest BCUT2D eigenvalue weighted by atomic mass is 32.1. The number of hydrogen-bond donors (Lipinski definition) is 2. The number of fused-ring (bicyclic) bond motifs is 3. The molecular weight excluding hydrogens is 490 g/mol. The van der Waals surface area contributed by atoms with E-state index in [4.69, 9.17) is 0 Å². The van der Waals surface area contributed by atoms with Gasteiger partial charge in [0.25, 0.3) is 17.4 Å². The quantitative estimate of drug-likeness (QED) is 0.553. The van der Waals surface area contributed by atoms with Crippen molar-refractivity contribution in [2.24, 2.45) is 5.92 Å². The molecule has 2 N–H and O–H groups in total. The number of rotatable bonds is 3. The molecule has 0 radical (unpaired) electrons. The van der Waals surface area contributed by atoms with Crippen molar-refractivity contribution in [3.8, 4) is 0 Å². The number of thiophene rings is 1. The Kier molecular flexibility index (Phi) is 4.98. The van der Waals surface area contributed by atoms with E-state index in [1.165, 1.54) is 22.2 Å². The van der Waals surface area contributed by atoms with E-state index in [0.29, 0.717) is 32.4 Å². The Labute approximate surface area is 208 Å². The molecule has 1 aliphatic carbocycles. The number of likely N-dealkylation sites (tertiary alicyclic amines) is 1. The summed E-state index contributed by atoms with van der Waals surface area (Å²) in [4.78, 5) is 50.7. The topological polar surface area (TPSA) is 109 Å². The summed E-state index contributed by atoms with van der Waals surface area (Å²) in [5.74, 6) is -2.48. The average Bonchev–Trinajstić information content (AvgIpc) is 3.37. The summed E-state index contributed by atoms with van der Waals surface area (Å²) in [5, 5.41) is 6.48. The van der Waals surface area contributed by atoms with Crippen LogP contribution in [0.15, 0.2) is 23.3 Å². The van der Waals surface area contributed by atoms with Gasteiger partial charge in [-0.05, 0) is 43.4 Å². The molecule has 1 saturated carbocycles. The smallest absolute Gasteiger partial charge is 0.276 e. The Morgan fingerprint density at radius 3 is 2.58 bits per heavy atom. The maximum absolute atomic E-state index is 13.9. The van der Waals surface area contributed by atoms with Gasteiger partial charge >= 0.3 is 0 Å². The molecule has 3 aliphatic rings. The van der Waals surface area contributed by atoms with Crippen LogP contribution in [0, 0.1) is 12.8 Å². The fourth-order valence-electron chi connectivity index (χ4n) is 5.44. The van der Waals surface area contributed by atoms with Gasteiger partial charge in [0.05, 0.1) is 10.3 Å². The number of halogens is 2. The van der Waals surface area contributed by atoms with Gasteiger partial charge < -0.3 is 15.5 Å². The number of anilines is 2. The number of amides is 2. The second-order valence-electron chi connectivity index (χ2n) is 10.1. The van der Waals surface area contributed by atoms with E-state index >= 15 is 0 Å². The van der Waals surface area contributed by atoms with Gasteiger partial charge in [-0.25, -0.2) is 18.7 Å². The Morgan fingerprint density at radius 1 is 1.17 bits per heavy atom. The van der Waals surface area contributed by atoms with E-state index in [-0.39, 0.29) is 30.1 Å². The molecule has 2 fully saturated rings. The highest BCUT2D eigenvalue weighted by molar-refractivity contribution is 7.20. The molecule has 12 heteroatoms. The zero-order valence-corrected chi connectivity index (χ0v) is 20.5. The number of carbonyl (C=O) groups excluding carboxylic acids is 2. The van der Waals surface area contributed by atoms with E-state index < -0.39 is 35.9 Å². The van der Waals surface area contributed by atoms with Gasteiger partial charge in [0, 0.05) is 25.9 Å². The van der Waals surface area contributed by atoms with Crippen LogP contribution in [-0.4, -0.2) is 50.3 Å². The Morgan fingerprint density at radius 2 is 1.89 bits per heavy atom. The van der Waals surface area contributed by atoms with E-state index in [9.17, 15) is 23.2 Å². The van der Waals surface area contributed by atoms with Gasteiger partial charge in [-0.15, -0.1) is 11.3 Å². The molecule has 2 aliphatic heterocycles. The van der Waals surface area contributed by atoms with Crippen molar-refractivity contribution in [1.29, 1.82) is 0 Å². The molecule has 0 atom stereocenters. The molecule has 2 amide bonds. The highest BCUT2D eigenvalue weighted by Gasteiger charge is 2.51. The predicted octanol–water partition coefficient (Wildman–Crippen LogP) is 3.60. The zero-order chi connectivity index (χ0) is 25.4. The zero-order valence-electron chi connectivity index (χ0n) is 19.7. The first-order valence-electron chi connectivity index (χ1n) is 11.9. The molecule has 0 aromatic carbocycles. The number of alkyl halides is 2.